The van der Waals surface area contributed by atoms with Gasteiger partial charge in [-0.25, -0.2) is 0 Å². The average Bonchev–Trinajstić information content (AvgIpc) is 3.68. The Morgan fingerprint density at radius 3 is 2.47 bits per heavy atom. The van der Waals surface area contributed by atoms with Crippen LogP contribution in [0.15, 0.2) is 53.0 Å². The number of fused-ring (bicyclic) bond motifs is 2. The number of carbonyl (C=O) groups is 4. The van der Waals surface area contributed by atoms with Crippen LogP contribution >= 0.6 is 15.9 Å². The predicted octanol–water partition coefficient (Wildman–Crippen LogP) is 4.05. The summed E-state index contributed by atoms with van der Waals surface area (Å²) in [5.41, 5.74) is -0.818. The molecule has 0 aliphatic carbocycles. The van der Waals surface area contributed by atoms with Gasteiger partial charge in [0.05, 0.1) is 31.2 Å². The normalized spacial score (nSPS) is 33.1. The Balaban J connectivity index is 1.67. The number of carbonyl (C=O) groups excluding carboxylic acids is 4. The zero-order chi connectivity index (χ0) is 35.5. The summed E-state index contributed by atoms with van der Waals surface area (Å²) in [7, 11) is 1.51. The number of methoxy groups -OCH3 is 1. The Hall–Kier alpha value is -3.06. The lowest BCUT2D eigenvalue weighted by molar-refractivity contribution is -0.163. The third kappa shape index (κ3) is 6.98. The van der Waals surface area contributed by atoms with Crippen LogP contribution in [0.25, 0.3) is 0 Å². The fourth-order valence-electron chi connectivity index (χ4n) is 8.01. The average molecular weight is 745 g/mol. The Bertz CT molecular complexity index is 1440. The number of allylic oxidation sites excluding steroid dienone is 1. The highest BCUT2D eigenvalue weighted by molar-refractivity contribution is 9.11. The van der Waals surface area contributed by atoms with Crippen LogP contribution in [0.4, 0.5) is 0 Å². The maximum atomic E-state index is 15.0. The number of esters is 1. The van der Waals surface area contributed by atoms with E-state index < -0.39 is 59.6 Å². The molecule has 4 aliphatic heterocycles. The number of hydrogen-bond acceptors (Lipinski definition) is 8. The van der Waals surface area contributed by atoms with Gasteiger partial charge in [-0.3, -0.25) is 19.2 Å². The number of likely N-dealkylation sites (tertiary alicyclic amines) is 1. The van der Waals surface area contributed by atoms with Gasteiger partial charge in [-0.1, -0.05) is 92.0 Å². The largest absolute Gasteiger partial charge is 0.455 e. The van der Waals surface area contributed by atoms with E-state index in [-0.39, 0.29) is 50.0 Å². The topological polar surface area (TPSA) is 135 Å². The smallest absolute Gasteiger partial charge is 0.313 e. The summed E-state index contributed by atoms with van der Waals surface area (Å²) in [4.78, 5) is 60.9. The molecule has 1 spiro atoms. The minimum absolute atomic E-state index is 0.0661. The third-order valence-corrected chi connectivity index (χ3v) is 11.4. The van der Waals surface area contributed by atoms with E-state index in [4.69, 9.17) is 14.2 Å². The lowest BCUT2D eigenvalue weighted by Gasteiger charge is -2.41. The third-order valence-electron chi connectivity index (χ3n) is 10.7. The monoisotopic (exact) mass is 743 g/mol. The van der Waals surface area contributed by atoms with E-state index in [0.29, 0.717) is 22.9 Å². The van der Waals surface area contributed by atoms with Gasteiger partial charge in [0, 0.05) is 30.6 Å². The first-order valence-corrected chi connectivity index (χ1v) is 18.3. The maximum Gasteiger partial charge on any atom is 0.313 e. The molecule has 0 aromatic heterocycles. The van der Waals surface area contributed by atoms with Crippen molar-refractivity contribution in [1.82, 2.24) is 15.1 Å². The first-order valence-electron chi connectivity index (χ1n) is 17.5. The molecule has 5 rings (SSSR count). The summed E-state index contributed by atoms with van der Waals surface area (Å²) >= 11 is 3.62. The molecule has 268 valence electrons. The summed E-state index contributed by atoms with van der Waals surface area (Å²) in [6.45, 7) is 7.94. The molecule has 1 aromatic carbocycles. The highest BCUT2D eigenvalue weighted by Gasteiger charge is 2.75. The Morgan fingerprint density at radius 2 is 1.82 bits per heavy atom. The predicted molar refractivity (Wildman–Crippen MR) is 186 cm³/mol. The van der Waals surface area contributed by atoms with Gasteiger partial charge in [0.15, 0.2) is 0 Å². The molecule has 49 heavy (non-hydrogen) atoms. The fraction of sp³-hybridized carbons (Fsp3) is 0.622. The lowest BCUT2D eigenvalue weighted by atomic mass is 9.74. The summed E-state index contributed by atoms with van der Waals surface area (Å²) in [6.07, 6.45) is 6.59. The van der Waals surface area contributed by atoms with Crippen LogP contribution in [0.1, 0.15) is 71.5 Å². The van der Waals surface area contributed by atoms with E-state index in [0.717, 1.165) is 12.8 Å². The van der Waals surface area contributed by atoms with Crippen LogP contribution in [0, 0.1) is 17.8 Å². The highest BCUT2D eigenvalue weighted by atomic mass is 79.9. The number of ether oxygens (including phenoxy) is 3. The Kier molecular flexibility index (Phi) is 12.0. The van der Waals surface area contributed by atoms with Crippen molar-refractivity contribution in [1.29, 1.82) is 0 Å². The molecule has 0 radical (unpaired) electrons. The highest BCUT2D eigenvalue weighted by Crippen LogP contribution is 2.59. The quantitative estimate of drug-likeness (QED) is 0.271. The number of halogens is 1. The molecule has 4 heterocycles. The molecule has 2 N–H and O–H groups in total. The van der Waals surface area contributed by atoms with Crippen molar-refractivity contribution in [2.24, 2.45) is 17.8 Å². The molecular weight excluding hydrogens is 694 g/mol. The van der Waals surface area contributed by atoms with Crippen LogP contribution < -0.4 is 5.32 Å². The van der Waals surface area contributed by atoms with Crippen molar-refractivity contribution < 1.29 is 38.5 Å². The molecule has 1 unspecified atom stereocenters. The van der Waals surface area contributed by atoms with E-state index in [9.17, 15) is 19.5 Å². The van der Waals surface area contributed by atoms with Gasteiger partial charge in [-0.2, -0.15) is 0 Å². The van der Waals surface area contributed by atoms with Gasteiger partial charge in [0.25, 0.3) is 0 Å². The van der Waals surface area contributed by atoms with E-state index in [1.165, 1.54) is 12.0 Å². The molecule has 12 heteroatoms. The van der Waals surface area contributed by atoms with Crippen LogP contribution in [-0.4, -0.2) is 101 Å². The minimum atomic E-state index is -1.47. The van der Waals surface area contributed by atoms with Crippen molar-refractivity contribution in [2.45, 2.75) is 102 Å². The fourth-order valence-corrected chi connectivity index (χ4v) is 8.74. The van der Waals surface area contributed by atoms with E-state index >= 15 is 4.79 Å². The lowest BCUT2D eigenvalue weighted by Crippen LogP contribution is -2.60. The molecule has 3 amide bonds. The van der Waals surface area contributed by atoms with Crippen LogP contribution in [-0.2, 0) is 33.4 Å². The number of rotatable bonds is 10. The number of cyclic esters (lactones) is 1. The van der Waals surface area contributed by atoms with E-state index in [2.05, 4.69) is 28.2 Å². The number of nitrogens with zero attached hydrogens (tertiary/aromatic N) is 2. The van der Waals surface area contributed by atoms with Crippen LogP contribution in [0.3, 0.4) is 0 Å². The van der Waals surface area contributed by atoms with Gasteiger partial charge in [-0.05, 0) is 37.3 Å². The van der Waals surface area contributed by atoms with Crippen LogP contribution in [0.5, 0.6) is 0 Å². The molecule has 2 saturated heterocycles. The molecule has 0 saturated carbocycles. The molecule has 11 nitrogen and oxygen atoms in total. The second-order valence-corrected chi connectivity index (χ2v) is 14.7. The molecular formula is C37H50BrN3O8. The van der Waals surface area contributed by atoms with Crippen molar-refractivity contribution in [3.63, 3.8) is 0 Å². The Labute approximate surface area is 297 Å². The molecule has 10 atom stereocenters. The van der Waals surface area contributed by atoms with Gasteiger partial charge in [0.1, 0.15) is 29.8 Å². The number of aliphatic hydroxyl groups excluding tert-OH is 1. The second kappa shape index (κ2) is 15.9. The summed E-state index contributed by atoms with van der Waals surface area (Å²) in [5.74, 6) is -3.95. The SMILES string of the molecule is CCCC(C)N1C/C=C\CCC(=O)N[C@@H](COC)[C@H](c2ccccc2)OC(=O)[C@H]2[C@@H]3O[C@@]4(C=C3Br)[C@@H]2C(=O)N([C@@H](CO)[C@@H](C)CC)[C@@H]4C1=O. The zero-order valence-corrected chi connectivity index (χ0v) is 30.6. The zero-order valence-electron chi connectivity index (χ0n) is 29.0. The van der Waals surface area contributed by atoms with Crippen molar-refractivity contribution in [2.75, 3.05) is 26.9 Å². The molecule has 1 aromatic rings. The van der Waals surface area contributed by atoms with Gasteiger partial charge in [0.2, 0.25) is 17.7 Å². The number of hydrogen-bond donors (Lipinski definition) is 2. The second-order valence-electron chi connectivity index (χ2n) is 13.7. The molecule has 5 bridgehead atoms. The van der Waals surface area contributed by atoms with Gasteiger partial charge in [-0.15, -0.1) is 0 Å². The van der Waals surface area contributed by atoms with E-state index in [1.807, 2.05) is 63.3 Å². The maximum absolute atomic E-state index is 15.0. The van der Waals surface area contributed by atoms with Gasteiger partial charge < -0.3 is 34.4 Å². The van der Waals surface area contributed by atoms with Crippen molar-refractivity contribution in [3.05, 3.63) is 58.6 Å². The summed E-state index contributed by atoms with van der Waals surface area (Å²) in [5, 5.41) is 13.8. The molecule has 2 fully saturated rings. The van der Waals surface area contributed by atoms with Gasteiger partial charge >= 0.3 is 5.97 Å². The minimum Gasteiger partial charge on any atom is -0.455 e. The summed E-state index contributed by atoms with van der Waals surface area (Å²) < 4.78 is 19.1. The van der Waals surface area contributed by atoms with Crippen molar-refractivity contribution in [3.8, 4) is 0 Å². The van der Waals surface area contributed by atoms with E-state index in [1.54, 1.807) is 11.0 Å². The number of amides is 3. The van der Waals surface area contributed by atoms with Crippen LogP contribution in [0.2, 0.25) is 0 Å². The summed E-state index contributed by atoms with van der Waals surface area (Å²) in [6, 6.07) is 6.41. The number of benzene rings is 1. The first-order chi connectivity index (χ1) is 23.5. The Morgan fingerprint density at radius 1 is 1.08 bits per heavy atom. The molecule has 4 aliphatic rings. The number of nitrogens with one attached hydrogen (secondary N) is 1. The standard InChI is InChI=1S/C37H50BrN3O8/c1-6-14-23(4)40-18-13-9-12-17-28(43)39-26(21-47-5)31(24-15-10-8-11-16-24)48-36(46)29-30-34(44)41(27(20-42)22(3)7-2)33(35(40)45)37(30)19-25(38)32(29)49-37/h8-11,13,15-16,19,22-23,26-27,29-33,42H,6-7,12,14,17-18,20-21H2,1-5H3,(H,39,43)/b13-9-/t22-,23?,26-,27-,29+,30-,31-,32+,33+,37-/m0/s1. The van der Waals surface area contributed by atoms with Crippen molar-refractivity contribution >= 4 is 39.6 Å². The number of aliphatic hydroxyl groups is 1. The first kappa shape index (κ1) is 37.2.